The second-order valence-corrected chi connectivity index (χ2v) is 8.11. The SMILES string of the molecule is COCC(C)(C)c1ccc(N(C)c2ccc(Oc3ncc4ccncc4n3)cc2)cc1. The summed E-state index contributed by atoms with van der Waals surface area (Å²) in [6, 6.07) is 18.6. The van der Waals surface area contributed by atoms with Crippen LogP contribution in [0.3, 0.4) is 0 Å². The van der Waals surface area contributed by atoms with E-state index in [1.165, 1.54) is 5.56 Å². The van der Waals surface area contributed by atoms with E-state index in [4.69, 9.17) is 9.47 Å². The largest absolute Gasteiger partial charge is 0.424 e. The van der Waals surface area contributed by atoms with Gasteiger partial charge in [-0.25, -0.2) is 4.98 Å². The molecule has 2 heterocycles. The maximum Gasteiger partial charge on any atom is 0.322 e. The van der Waals surface area contributed by atoms with Gasteiger partial charge in [-0.1, -0.05) is 26.0 Å². The van der Waals surface area contributed by atoms with Gasteiger partial charge in [-0.2, -0.15) is 4.98 Å². The lowest BCUT2D eigenvalue weighted by atomic mass is 9.85. The Labute approximate surface area is 182 Å². The molecule has 0 N–H and O–H groups in total. The maximum atomic E-state index is 5.82. The van der Waals surface area contributed by atoms with Crippen molar-refractivity contribution < 1.29 is 9.47 Å². The monoisotopic (exact) mass is 414 g/mol. The number of hydrogen-bond donors (Lipinski definition) is 0. The first-order valence-corrected chi connectivity index (χ1v) is 10.1. The van der Waals surface area contributed by atoms with E-state index in [1.54, 1.807) is 25.7 Å². The Morgan fingerprint density at radius 2 is 1.58 bits per heavy atom. The van der Waals surface area contributed by atoms with E-state index in [0.717, 1.165) is 22.3 Å². The average molecular weight is 415 g/mol. The minimum atomic E-state index is -0.0221. The number of benzene rings is 2. The first-order chi connectivity index (χ1) is 15.0. The fourth-order valence-electron chi connectivity index (χ4n) is 3.48. The van der Waals surface area contributed by atoms with Gasteiger partial charge in [0.15, 0.2) is 0 Å². The Kier molecular flexibility index (Phi) is 5.82. The highest BCUT2D eigenvalue weighted by atomic mass is 16.5. The van der Waals surface area contributed by atoms with E-state index >= 15 is 0 Å². The van der Waals surface area contributed by atoms with Gasteiger partial charge >= 0.3 is 6.01 Å². The van der Waals surface area contributed by atoms with Gasteiger partial charge in [0, 0.05) is 48.7 Å². The van der Waals surface area contributed by atoms with Crippen molar-refractivity contribution in [3.05, 3.63) is 78.8 Å². The number of nitrogens with zero attached hydrogens (tertiary/aromatic N) is 4. The molecule has 6 nitrogen and oxygen atoms in total. The molecule has 0 aliphatic carbocycles. The molecule has 0 amide bonds. The summed E-state index contributed by atoms with van der Waals surface area (Å²) in [4.78, 5) is 14.9. The number of ether oxygens (including phenoxy) is 2. The zero-order valence-corrected chi connectivity index (χ0v) is 18.2. The van der Waals surface area contributed by atoms with Crippen molar-refractivity contribution in [1.29, 1.82) is 0 Å². The zero-order valence-electron chi connectivity index (χ0n) is 18.2. The summed E-state index contributed by atoms with van der Waals surface area (Å²) in [7, 11) is 3.78. The Morgan fingerprint density at radius 1 is 0.903 bits per heavy atom. The van der Waals surface area contributed by atoms with E-state index < -0.39 is 0 Å². The molecule has 2 aromatic heterocycles. The molecule has 0 radical (unpaired) electrons. The summed E-state index contributed by atoms with van der Waals surface area (Å²) in [5, 5.41) is 0.927. The summed E-state index contributed by atoms with van der Waals surface area (Å²) >= 11 is 0. The van der Waals surface area contributed by atoms with Crippen molar-refractivity contribution in [2.24, 2.45) is 0 Å². The van der Waals surface area contributed by atoms with Crippen molar-refractivity contribution in [3.63, 3.8) is 0 Å². The molecule has 0 aliphatic rings. The van der Waals surface area contributed by atoms with Crippen molar-refractivity contribution in [1.82, 2.24) is 15.0 Å². The van der Waals surface area contributed by atoms with E-state index in [2.05, 4.69) is 58.0 Å². The van der Waals surface area contributed by atoms with Gasteiger partial charge in [0.2, 0.25) is 0 Å². The first kappa shape index (κ1) is 20.8. The van der Waals surface area contributed by atoms with Gasteiger partial charge in [0.1, 0.15) is 5.75 Å². The first-order valence-electron chi connectivity index (χ1n) is 10.1. The summed E-state index contributed by atoms with van der Waals surface area (Å²) < 4.78 is 11.2. The van der Waals surface area contributed by atoms with Crippen LogP contribution in [0.1, 0.15) is 19.4 Å². The predicted octanol–water partition coefficient (Wildman–Crippen LogP) is 5.51. The predicted molar refractivity (Wildman–Crippen MR) is 123 cm³/mol. The number of rotatable bonds is 7. The molecule has 0 fully saturated rings. The molecule has 6 heteroatoms. The fourth-order valence-corrected chi connectivity index (χ4v) is 3.48. The number of hydrogen-bond acceptors (Lipinski definition) is 6. The van der Waals surface area contributed by atoms with Crippen LogP contribution in [-0.2, 0) is 10.2 Å². The van der Waals surface area contributed by atoms with Crippen LogP contribution in [-0.4, -0.2) is 35.7 Å². The van der Waals surface area contributed by atoms with Crippen LogP contribution < -0.4 is 9.64 Å². The van der Waals surface area contributed by atoms with Crippen LogP contribution in [0, 0.1) is 0 Å². The van der Waals surface area contributed by atoms with Crippen molar-refractivity contribution >= 4 is 22.3 Å². The summed E-state index contributed by atoms with van der Waals surface area (Å²) in [5.41, 5.74) is 4.14. The third kappa shape index (κ3) is 4.64. The molecule has 0 unspecified atom stereocenters. The molecular weight excluding hydrogens is 388 g/mol. The third-order valence-electron chi connectivity index (χ3n) is 5.34. The van der Waals surface area contributed by atoms with Crippen LogP contribution in [0.4, 0.5) is 11.4 Å². The lowest BCUT2D eigenvalue weighted by Crippen LogP contribution is -2.23. The quantitative estimate of drug-likeness (QED) is 0.397. The van der Waals surface area contributed by atoms with Crippen molar-refractivity contribution in [2.75, 3.05) is 25.7 Å². The average Bonchev–Trinajstić information content (AvgIpc) is 2.79. The van der Waals surface area contributed by atoms with Gasteiger partial charge in [-0.05, 0) is 48.0 Å². The van der Waals surface area contributed by atoms with E-state index in [1.807, 2.05) is 37.4 Å². The van der Waals surface area contributed by atoms with Gasteiger partial charge in [0.25, 0.3) is 0 Å². The van der Waals surface area contributed by atoms with Gasteiger partial charge in [-0.15, -0.1) is 0 Å². The normalized spacial score (nSPS) is 11.5. The second kappa shape index (κ2) is 8.70. The van der Waals surface area contributed by atoms with Crippen LogP contribution in [0.5, 0.6) is 11.8 Å². The highest BCUT2D eigenvalue weighted by Crippen LogP contribution is 2.30. The number of anilines is 2. The lowest BCUT2D eigenvalue weighted by molar-refractivity contribution is 0.146. The minimum absolute atomic E-state index is 0.0221. The van der Waals surface area contributed by atoms with E-state index in [-0.39, 0.29) is 5.41 Å². The number of pyridine rings is 1. The number of methoxy groups -OCH3 is 1. The van der Waals surface area contributed by atoms with Gasteiger partial charge in [0.05, 0.1) is 18.3 Å². The van der Waals surface area contributed by atoms with Crippen LogP contribution >= 0.6 is 0 Å². The molecule has 0 saturated heterocycles. The highest BCUT2D eigenvalue weighted by molar-refractivity contribution is 5.76. The molecule has 0 spiro atoms. The van der Waals surface area contributed by atoms with Gasteiger partial charge in [-0.3, -0.25) is 4.98 Å². The van der Waals surface area contributed by atoms with Crippen molar-refractivity contribution in [2.45, 2.75) is 19.3 Å². The highest BCUT2D eigenvalue weighted by Gasteiger charge is 2.20. The van der Waals surface area contributed by atoms with Gasteiger partial charge < -0.3 is 14.4 Å². The molecule has 0 bridgehead atoms. The smallest absolute Gasteiger partial charge is 0.322 e. The standard InChI is InChI=1S/C25H26N4O2/c1-25(2,17-30-4)19-5-7-20(8-6-19)29(3)21-9-11-22(12-10-21)31-24-27-15-18-13-14-26-16-23(18)28-24/h5-16H,17H2,1-4H3. The maximum absolute atomic E-state index is 5.82. The lowest BCUT2D eigenvalue weighted by Gasteiger charge is -2.26. The fraction of sp³-hybridized carbons (Fsp3) is 0.240. The van der Waals surface area contributed by atoms with Crippen LogP contribution in [0.2, 0.25) is 0 Å². The molecule has 0 saturated carbocycles. The molecule has 0 aliphatic heterocycles. The molecule has 4 rings (SSSR count). The number of aromatic nitrogens is 3. The van der Waals surface area contributed by atoms with Crippen LogP contribution in [0.25, 0.3) is 10.9 Å². The number of fused-ring (bicyclic) bond motifs is 1. The summed E-state index contributed by atoms with van der Waals surface area (Å²) in [5.74, 6) is 0.678. The third-order valence-corrected chi connectivity index (χ3v) is 5.34. The zero-order chi connectivity index (χ0) is 21.8. The molecule has 31 heavy (non-hydrogen) atoms. The second-order valence-electron chi connectivity index (χ2n) is 8.11. The Hall–Kier alpha value is -3.51. The molecule has 4 aromatic rings. The molecular formula is C25H26N4O2. The Morgan fingerprint density at radius 3 is 2.26 bits per heavy atom. The van der Waals surface area contributed by atoms with Crippen molar-refractivity contribution in [3.8, 4) is 11.8 Å². The molecule has 0 atom stereocenters. The Balaban J connectivity index is 1.47. The summed E-state index contributed by atoms with van der Waals surface area (Å²) in [6.07, 6.45) is 5.15. The minimum Gasteiger partial charge on any atom is -0.424 e. The Bertz CT molecular complexity index is 1160. The van der Waals surface area contributed by atoms with E-state index in [0.29, 0.717) is 18.4 Å². The topological polar surface area (TPSA) is 60.4 Å². The van der Waals surface area contributed by atoms with E-state index in [9.17, 15) is 0 Å². The molecule has 158 valence electrons. The molecule has 2 aromatic carbocycles. The van der Waals surface area contributed by atoms with Crippen LogP contribution in [0.15, 0.2) is 73.2 Å². The summed E-state index contributed by atoms with van der Waals surface area (Å²) in [6.45, 7) is 5.05.